The quantitative estimate of drug-likeness (QED) is 0.485. The van der Waals surface area contributed by atoms with Crippen molar-refractivity contribution < 1.29 is 13.9 Å². The molecule has 0 saturated heterocycles. The maximum Gasteiger partial charge on any atom is 0.336 e. The van der Waals surface area contributed by atoms with Crippen LogP contribution in [0.3, 0.4) is 0 Å². The van der Waals surface area contributed by atoms with E-state index in [2.05, 4.69) is 15.3 Å². The zero-order valence-corrected chi connectivity index (χ0v) is 15.4. The number of rotatable bonds is 4. The van der Waals surface area contributed by atoms with Gasteiger partial charge in [0, 0.05) is 11.3 Å². The highest BCUT2D eigenvalue weighted by Crippen LogP contribution is 2.40. The highest BCUT2D eigenvalue weighted by Gasteiger charge is 2.37. The summed E-state index contributed by atoms with van der Waals surface area (Å²) in [5.41, 5.74) is 0.681. The fourth-order valence-electron chi connectivity index (χ4n) is 3.03. The number of hydrogen-bond acceptors (Lipinski definition) is 6. The molecule has 2 N–H and O–H groups in total. The van der Waals surface area contributed by atoms with Gasteiger partial charge < -0.3 is 15.0 Å². The van der Waals surface area contributed by atoms with E-state index in [1.807, 2.05) is 0 Å². The van der Waals surface area contributed by atoms with Gasteiger partial charge >= 0.3 is 5.97 Å². The molecule has 26 heavy (non-hydrogen) atoms. The number of anilines is 1. The van der Waals surface area contributed by atoms with E-state index in [0.29, 0.717) is 16.7 Å². The first-order valence-corrected chi connectivity index (χ1v) is 9.27. The number of thioether (sulfide) groups is 1. The highest BCUT2D eigenvalue weighted by atomic mass is 32.2. The third-order valence-electron chi connectivity index (χ3n) is 4.13. The van der Waals surface area contributed by atoms with Crippen molar-refractivity contribution in [2.45, 2.75) is 24.9 Å². The van der Waals surface area contributed by atoms with Crippen LogP contribution in [0, 0.1) is 5.82 Å². The van der Waals surface area contributed by atoms with Gasteiger partial charge in [-0.2, -0.15) is 0 Å². The number of ether oxygens (including phenoxy) is 1. The number of aromatic nitrogens is 2. The summed E-state index contributed by atoms with van der Waals surface area (Å²) in [6.07, 6.45) is 1.79. The molecule has 0 aliphatic carbocycles. The molecule has 2 heterocycles. The first-order valence-electron chi connectivity index (χ1n) is 8.05. The van der Waals surface area contributed by atoms with E-state index in [1.165, 1.54) is 17.8 Å². The van der Waals surface area contributed by atoms with Crippen molar-refractivity contribution >= 4 is 23.5 Å². The zero-order chi connectivity index (χ0) is 18.8. The van der Waals surface area contributed by atoms with Crippen LogP contribution in [-0.4, -0.2) is 28.8 Å². The maximum absolute atomic E-state index is 14.6. The lowest BCUT2D eigenvalue weighted by atomic mass is 9.82. The number of fused-ring (bicyclic) bond motifs is 1. The predicted octanol–water partition coefficient (Wildman–Crippen LogP) is 3.03. The van der Waals surface area contributed by atoms with Gasteiger partial charge in [-0.1, -0.05) is 30.0 Å². The molecule has 1 atom stereocenters. The van der Waals surface area contributed by atoms with Crippen molar-refractivity contribution in [3.05, 3.63) is 62.8 Å². The fourth-order valence-corrected chi connectivity index (χ4v) is 3.40. The number of carbonyl (C=O) groups excluding carboxylic acids is 1. The summed E-state index contributed by atoms with van der Waals surface area (Å²) in [6.45, 7) is 3.55. The monoisotopic (exact) mass is 375 g/mol. The minimum Gasteiger partial charge on any atom is -0.463 e. The van der Waals surface area contributed by atoms with Gasteiger partial charge in [0.15, 0.2) is 5.16 Å². The Hall–Kier alpha value is -2.61. The summed E-state index contributed by atoms with van der Waals surface area (Å²) >= 11 is 1.28. The lowest BCUT2D eigenvalue weighted by Gasteiger charge is -2.28. The van der Waals surface area contributed by atoms with Crippen molar-refractivity contribution in [1.82, 2.24) is 9.97 Å². The lowest BCUT2D eigenvalue weighted by Crippen LogP contribution is -2.31. The number of benzene rings is 1. The van der Waals surface area contributed by atoms with E-state index in [9.17, 15) is 14.0 Å². The molecule has 6 nitrogen and oxygen atoms in total. The number of allylic oxidation sites excluding steroid dienone is 1. The highest BCUT2D eigenvalue weighted by molar-refractivity contribution is 7.98. The molecule has 1 aromatic heterocycles. The van der Waals surface area contributed by atoms with Crippen molar-refractivity contribution in [2.75, 3.05) is 18.2 Å². The van der Waals surface area contributed by atoms with Crippen molar-refractivity contribution in [1.29, 1.82) is 0 Å². The Bertz CT molecular complexity index is 955. The standard InChI is InChI=1S/C18H18FN3O3S/c1-4-25-17(24)12-9(2)20-15-14(16(23)22-18(21-15)26-3)13(12)10-7-5-6-8-11(10)19/h5-8,13H,4H2,1-3H3,(H2,20,21,22,23). The largest absolute Gasteiger partial charge is 0.463 e. The van der Waals surface area contributed by atoms with E-state index in [4.69, 9.17) is 4.74 Å². The van der Waals surface area contributed by atoms with Gasteiger partial charge in [0.2, 0.25) is 0 Å². The number of nitrogens with one attached hydrogen (secondary N) is 2. The minimum absolute atomic E-state index is 0.173. The second-order valence-electron chi connectivity index (χ2n) is 5.68. The molecule has 136 valence electrons. The van der Waals surface area contributed by atoms with E-state index in [-0.39, 0.29) is 23.3 Å². The Morgan fingerprint density at radius 3 is 2.77 bits per heavy atom. The zero-order valence-electron chi connectivity index (χ0n) is 14.6. The molecule has 1 unspecified atom stereocenters. The molecule has 3 rings (SSSR count). The van der Waals surface area contributed by atoms with Gasteiger partial charge in [-0.15, -0.1) is 0 Å². The number of H-pyrrole nitrogens is 1. The summed E-state index contributed by atoms with van der Waals surface area (Å²) in [5.74, 6) is -1.69. The second-order valence-corrected chi connectivity index (χ2v) is 6.47. The Labute approximate surface area is 153 Å². The second kappa shape index (κ2) is 7.33. The summed E-state index contributed by atoms with van der Waals surface area (Å²) in [7, 11) is 0. The predicted molar refractivity (Wildman–Crippen MR) is 97.8 cm³/mol. The molecule has 0 saturated carbocycles. The van der Waals surface area contributed by atoms with Crippen LogP contribution in [0.4, 0.5) is 10.2 Å². The molecule has 0 spiro atoms. The fraction of sp³-hybridized carbons (Fsp3) is 0.278. The molecule has 0 bridgehead atoms. The van der Waals surface area contributed by atoms with Crippen molar-refractivity contribution in [3.8, 4) is 0 Å². The molecular weight excluding hydrogens is 357 g/mol. The smallest absolute Gasteiger partial charge is 0.336 e. The number of carbonyl (C=O) groups is 1. The number of nitrogens with zero attached hydrogens (tertiary/aromatic N) is 1. The van der Waals surface area contributed by atoms with Crippen LogP contribution in [0.15, 0.2) is 45.5 Å². The number of halogens is 1. The van der Waals surface area contributed by atoms with Gasteiger partial charge in [-0.05, 0) is 26.2 Å². The van der Waals surface area contributed by atoms with Crippen LogP contribution >= 0.6 is 11.8 Å². The van der Waals surface area contributed by atoms with Gasteiger partial charge in [-0.25, -0.2) is 14.2 Å². The summed E-state index contributed by atoms with van der Waals surface area (Å²) in [6, 6.07) is 6.08. The molecule has 0 radical (unpaired) electrons. The molecule has 0 amide bonds. The molecular formula is C18H18FN3O3S. The molecule has 1 aliphatic rings. The molecule has 8 heteroatoms. The van der Waals surface area contributed by atoms with E-state index >= 15 is 0 Å². The summed E-state index contributed by atoms with van der Waals surface area (Å²) in [4.78, 5) is 32.3. The molecule has 1 aromatic carbocycles. The Balaban J connectivity index is 2.29. The maximum atomic E-state index is 14.6. The summed E-state index contributed by atoms with van der Waals surface area (Å²) < 4.78 is 19.7. The van der Waals surface area contributed by atoms with E-state index in [0.717, 1.165) is 0 Å². The van der Waals surface area contributed by atoms with Crippen LogP contribution in [0.1, 0.15) is 30.9 Å². The number of aromatic amines is 1. The third-order valence-corrected chi connectivity index (χ3v) is 4.71. The topological polar surface area (TPSA) is 84.1 Å². The SMILES string of the molecule is CCOC(=O)C1=C(C)Nc2nc(SC)[nH]c(=O)c2C1c1ccccc1F. The normalized spacial score (nSPS) is 16.1. The van der Waals surface area contributed by atoms with Crippen molar-refractivity contribution in [3.63, 3.8) is 0 Å². The first-order chi connectivity index (χ1) is 12.5. The average Bonchev–Trinajstić information content (AvgIpc) is 2.60. The third kappa shape index (κ3) is 3.12. The van der Waals surface area contributed by atoms with Gasteiger partial charge in [0.05, 0.1) is 23.7 Å². The number of hydrogen-bond donors (Lipinski definition) is 2. The molecule has 2 aromatic rings. The van der Waals surface area contributed by atoms with Crippen LogP contribution in [0.2, 0.25) is 0 Å². The Morgan fingerprint density at radius 2 is 2.12 bits per heavy atom. The molecule has 0 fully saturated rings. The Kier molecular flexibility index (Phi) is 5.13. The van der Waals surface area contributed by atoms with E-state index < -0.39 is 23.3 Å². The average molecular weight is 375 g/mol. The van der Waals surface area contributed by atoms with Crippen molar-refractivity contribution in [2.24, 2.45) is 0 Å². The van der Waals surface area contributed by atoms with Gasteiger partial charge in [0.1, 0.15) is 11.6 Å². The van der Waals surface area contributed by atoms with Gasteiger partial charge in [0.25, 0.3) is 5.56 Å². The van der Waals surface area contributed by atoms with Gasteiger partial charge in [-0.3, -0.25) is 4.79 Å². The number of esters is 1. The first kappa shape index (κ1) is 18.2. The molecule has 1 aliphatic heterocycles. The Morgan fingerprint density at radius 1 is 1.38 bits per heavy atom. The summed E-state index contributed by atoms with van der Waals surface area (Å²) in [5, 5.41) is 3.43. The van der Waals surface area contributed by atoms with Crippen LogP contribution in [-0.2, 0) is 9.53 Å². The minimum atomic E-state index is -0.904. The lowest BCUT2D eigenvalue weighted by molar-refractivity contribution is -0.138. The van der Waals surface area contributed by atoms with Crippen LogP contribution in [0.5, 0.6) is 0 Å². The van der Waals surface area contributed by atoms with Crippen LogP contribution in [0.25, 0.3) is 0 Å². The van der Waals surface area contributed by atoms with Crippen LogP contribution < -0.4 is 10.9 Å². The van der Waals surface area contributed by atoms with E-state index in [1.54, 1.807) is 38.3 Å².